The average molecular weight is 348 g/mol. The largest absolute Gasteiger partial charge is 0.349 e. The van der Waals surface area contributed by atoms with E-state index in [1.807, 2.05) is 37.3 Å². The lowest BCUT2D eigenvalue weighted by molar-refractivity contribution is -0.126. The highest BCUT2D eigenvalue weighted by Gasteiger charge is 2.67. The Morgan fingerprint density at radius 1 is 1.04 bits per heavy atom. The number of halogens is 2. The summed E-state index contributed by atoms with van der Waals surface area (Å²) in [5.74, 6) is -0.0952. The highest BCUT2D eigenvalue weighted by atomic mass is 35.5. The van der Waals surface area contributed by atoms with Crippen molar-refractivity contribution in [1.82, 2.24) is 5.32 Å². The smallest absolute Gasteiger partial charge is 0.229 e. The molecule has 0 radical (unpaired) electrons. The maximum Gasteiger partial charge on any atom is 0.229 e. The van der Waals surface area contributed by atoms with Gasteiger partial charge in [-0.1, -0.05) is 54.6 Å². The van der Waals surface area contributed by atoms with Gasteiger partial charge in [0.1, 0.15) is 4.33 Å². The van der Waals surface area contributed by atoms with Crippen LogP contribution in [0.3, 0.4) is 0 Å². The topological polar surface area (TPSA) is 29.1 Å². The number of benzene rings is 2. The normalized spacial score (nSPS) is 23.1. The Labute approximate surface area is 146 Å². The summed E-state index contributed by atoms with van der Waals surface area (Å²) in [5.41, 5.74) is 2.70. The van der Waals surface area contributed by atoms with Crippen molar-refractivity contribution in [1.29, 1.82) is 0 Å². The standard InChI is InChI=1S/C19H19Cl2NO/c1-13(22-17(23)18(2)12-19(18,20)21)14-8-10-16(11-9-14)15-6-4-3-5-7-15/h3-11,13H,12H2,1-2H3,(H,22,23)/t13-,18+/m0/s1. The third kappa shape index (κ3) is 3.11. The molecule has 1 saturated carbocycles. The molecule has 0 aromatic heterocycles. The van der Waals surface area contributed by atoms with E-state index in [1.54, 1.807) is 6.92 Å². The van der Waals surface area contributed by atoms with Crippen LogP contribution in [-0.2, 0) is 4.79 Å². The highest BCUT2D eigenvalue weighted by molar-refractivity contribution is 6.53. The lowest BCUT2D eigenvalue weighted by Gasteiger charge is -2.19. The molecule has 0 unspecified atom stereocenters. The second-order valence-corrected chi connectivity index (χ2v) is 7.88. The molecule has 1 aliphatic rings. The van der Waals surface area contributed by atoms with Crippen LogP contribution in [0.2, 0.25) is 0 Å². The van der Waals surface area contributed by atoms with E-state index < -0.39 is 9.75 Å². The Balaban J connectivity index is 1.69. The van der Waals surface area contributed by atoms with Crippen LogP contribution in [0.5, 0.6) is 0 Å². The van der Waals surface area contributed by atoms with Gasteiger partial charge in [0.05, 0.1) is 11.5 Å². The van der Waals surface area contributed by atoms with Crippen LogP contribution >= 0.6 is 23.2 Å². The average Bonchev–Trinajstić information content (AvgIpc) is 3.08. The molecule has 0 bridgehead atoms. The zero-order chi connectivity index (χ0) is 16.7. The number of rotatable bonds is 4. The summed E-state index contributed by atoms with van der Waals surface area (Å²) in [7, 11) is 0. The molecule has 3 rings (SSSR count). The lowest BCUT2D eigenvalue weighted by Crippen LogP contribution is -2.35. The van der Waals surface area contributed by atoms with Crippen molar-refractivity contribution in [3.63, 3.8) is 0 Å². The van der Waals surface area contributed by atoms with E-state index in [0.717, 1.165) is 11.1 Å². The van der Waals surface area contributed by atoms with Gasteiger partial charge >= 0.3 is 0 Å². The zero-order valence-electron chi connectivity index (χ0n) is 13.1. The van der Waals surface area contributed by atoms with Crippen LogP contribution in [0.1, 0.15) is 31.9 Å². The lowest BCUT2D eigenvalue weighted by atomic mass is 10.0. The van der Waals surface area contributed by atoms with Crippen molar-refractivity contribution in [2.24, 2.45) is 5.41 Å². The molecule has 120 valence electrons. The molecule has 1 amide bonds. The van der Waals surface area contributed by atoms with Crippen LogP contribution in [-0.4, -0.2) is 10.2 Å². The first-order chi connectivity index (χ1) is 10.8. The van der Waals surface area contributed by atoms with Crippen molar-refractivity contribution >= 4 is 29.1 Å². The van der Waals surface area contributed by atoms with Gasteiger partial charge in [0, 0.05) is 0 Å². The molecule has 1 N–H and O–H groups in total. The molecule has 1 aliphatic carbocycles. The molecule has 23 heavy (non-hydrogen) atoms. The summed E-state index contributed by atoms with van der Waals surface area (Å²) in [6.45, 7) is 3.76. The molecule has 2 nitrogen and oxygen atoms in total. The van der Waals surface area contributed by atoms with E-state index in [-0.39, 0.29) is 11.9 Å². The van der Waals surface area contributed by atoms with Gasteiger partial charge in [0.2, 0.25) is 5.91 Å². The summed E-state index contributed by atoms with van der Waals surface area (Å²) in [6, 6.07) is 18.3. The molecule has 0 spiro atoms. The highest BCUT2D eigenvalue weighted by Crippen LogP contribution is 2.63. The van der Waals surface area contributed by atoms with Gasteiger partial charge < -0.3 is 5.32 Å². The van der Waals surface area contributed by atoms with Gasteiger partial charge in [-0.05, 0) is 37.0 Å². The third-order valence-electron chi connectivity index (χ3n) is 4.62. The van der Waals surface area contributed by atoms with Gasteiger partial charge in [0.25, 0.3) is 0 Å². The number of carbonyl (C=O) groups excluding carboxylic acids is 1. The van der Waals surface area contributed by atoms with E-state index in [0.29, 0.717) is 6.42 Å². The third-order valence-corrected chi connectivity index (χ3v) is 5.73. The molecule has 4 heteroatoms. The van der Waals surface area contributed by atoms with Gasteiger partial charge in [-0.2, -0.15) is 0 Å². The molecule has 0 aliphatic heterocycles. The Hall–Kier alpha value is -1.51. The second-order valence-electron chi connectivity index (χ2n) is 6.40. The fourth-order valence-electron chi connectivity index (χ4n) is 2.68. The number of carbonyl (C=O) groups is 1. The summed E-state index contributed by atoms with van der Waals surface area (Å²) >= 11 is 12.1. The van der Waals surface area contributed by atoms with Crippen LogP contribution in [0.4, 0.5) is 0 Å². The van der Waals surface area contributed by atoms with E-state index in [9.17, 15) is 4.79 Å². The molecule has 2 aromatic rings. The van der Waals surface area contributed by atoms with Crippen molar-refractivity contribution in [2.75, 3.05) is 0 Å². The fourth-order valence-corrected chi connectivity index (χ4v) is 3.39. The first kappa shape index (κ1) is 16.4. The van der Waals surface area contributed by atoms with Crippen LogP contribution in [0.25, 0.3) is 11.1 Å². The minimum absolute atomic E-state index is 0.0890. The second kappa shape index (κ2) is 5.85. The number of amides is 1. The maximum atomic E-state index is 12.3. The van der Waals surface area contributed by atoms with E-state index in [2.05, 4.69) is 29.6 Å². The minimum atomic E-state index is -0.937. The maximum absolute atomic E-state index is 12.3. The first-order valence-electron chi connectivity index (χ1n) is 7.68. The van der Waals surface area contributed by atoms with Crippen molar-refractivity contribution < 1.29 is 4.79 Å². The predicted molar refractivity (Wildman–Crippen MR) is 95.6 cm³/mol. The predicted octanol–water partition coefficient (Wildman–Crippen LogP) is 5.11. The van der Waals surface area contributed by atoms with Crippen molar-refractivity contribution in [2.45, 2.75) is 30.6 Å². The Kier molecular flexibility index (Phi) is 4.16. The molecule has 0 heterocycles. The number of alkyl halides is 2. The summed E-state index contributed by atoms with van der Waals surface area (Å²) in [6.07, 6.45) is 0.495. The Morgan fingerprint density at radius 2 is 1.57 bits per heavy atom. The Morgan fingerprint density at radius 3 is 2.09 bits per heavy atom. The summed E-state index contributed by atoms with van der Waals surface area (Å²) in [4.78, 5) is 12.3. The molecular weight excluding hydrogens is 329 g/mol. The molecular formula is C19H19Cl2NO. The van der Waals surface area contributed by atoms with Crippen LogP contribution in [0, 0.1) is 5.41 Å². The summed E-state index contributed by atoms with van der Waals surface area (Å²) < 4.78 is -0.937. The molecule has 1 fully saturated rings. The number of hydrogen-bond donors (Lipinski definition) is 1. The van der Waals surface area contributed by atoms with Crippen molar-refractivity contribution in [3.8, 4) is 11.1 Å². The Bertz CT molecular complexity index is 712. The van der Waals surface area contributed by atoms with Gasteiger partial charge in [-0.15, -0.1) is 23.2 Å². The van der Waals surface area contributed by atoms with E-state index >= 15 is 0 Å². The van der Waals surface area contributed by atoms with E-state index in [1.165, 1.54) is 5.56 Å². The molecule has 2 atom stereocenters. The van der Waals surface area contributed by atoms with Crippen LogP contribution in [0.15, 0.2) is 54.6 Å². The van der Waals surface area contributed by atoms with Crippen LogP contribution < -0.4 is 5.32 Å². The first-order valence-corrected chi connectivity index (χ1v) is 8.43. The monoisotopic (exact) mass is 347 g/mol. The van der Waals surface area contributed by atoms with Gasteiger partial charge in [0.15, 0.2) is 0 Å². The van der Waals surface area contributed by atoms with E-state index in [4.69, 9.17) is 23.2 Å². The van der Waals surface area contributed by atoms with Gasteiger partial charge in [-0.25, -0.2) is 0 Å². The number of hydrogen-bond acceptors (Lipinski definition) is 1. The minimum Gasteiger partial charge on any atom is -0.349 e. The summed E-state index contributed by atoms with van der Waals surface area (Å²) in [5, 5.41) is 3.01. The number of nitrogens with one attached hydrogen (secondary N) is 1. The zero-order valence-corrected chi connectivity index (χ0v) is 14.7. The molecule has 2 aromatic carbocycles. The van der Waals surface area contributed by atoms with Gasteiger partial charge in [-0.3, -0.25) is 4.79 Å². The quantitative estimate of drug-likeness (QED) is 0.764. The molecule has 0 saturated heterocycles. The fraction of sp³-hybridized carbons (Fsp3) is 0.316. The SMILES string of the molecule is C[C@H](NC(=O)[C@@]1(C)CC1(Cl)Cl)c1ccc(-c2ccccc2)cc1. The van der Waals surface area contributed by atoms with Crippen molar-refractivity contribution in [3.05, 3.63) is 60.2 Å².